The standard InChI is InChI=1S/C21H41N5O.HI/c1-4-22-20(25-13-8-19(16-25)17-27-3)23-18-21(9-14-24(2)15-10-21)26-11-6-5-7-12-26;/h19H,4-18H2,1-3H3,(H,22,23);1H. The molecule has 1 atom stereocenters. The number of guanidine groups is 1. The average molecular weight is 508 g/mol. The number of methoxy groups -OCH3 is 1. The van der Waals surface area contributed by atoms with E-state index >= 15 is 0 Å². The lowest BCUT2D eigenvalue weighted by molar-refractivity contribution is 0.0206. The van der Waals surface area contributed by atoms with Gasteiger partial charge in [0.05, 0.1) is 13.2 Å². The number of hydrogen-bond acceptors (Lipinski definition) is 4. The second kappa shape index (κ2) is 11.9. The van der Waals surface area contributed by atoms with Crippen LogP contribution in [0.1, 0.15) is 45.4 Å². The highest BCUT2D eigenvalue weighted by molar-refractivity contribution is 14.0. The van der Waals surface area contributed by atoms with E-state index in [-0.39, 0.29) is 29.5 Å². The molecular weight excluding hydrogens is 465 g/mol. The van der Waals surface area contributed by atoms with Gasteiger partial charge in [0.25, 0.3) is 0 Å². The first-order valence-corrected chi connectivity index (χ1v) is 11.1. The molecule has 0 saturated carbocycles. The summed E-state index contributed by atoms with van der Waals surface area (Å²) in [5.41, 5.74) is 0.263. The Balaban J connectivity index is 0.00000280. The van der Waals surface area contributed by atoms with E-state index in [1.54, 1.807) is 0 Å². The molecule has 0 aromatic carbocycles. The summed E-state index contributed by atoms with van der Waals surface area (Å²) in [7, 11) is 4.07. The Labute approximate surface area is 189 Å². The van der Waals surface area contributed by atoms with E-state index in [1.807, 2.05) is 7.11 Å². The average Bonchev–Trinajstić information content (AvgIpc) is 3.16. The summed E-state index contributed by atoms with van der Waals surface area (Å²) in [5, 5.41) is 3.56. The molecule has 0 radical (unpaired) electrons. The smallest absolute Gasteiger partial charge is 0.193 e. The molecule has 28 heavy (non-hydrogen) atoms. The molecule has 3 fully saturated rings. The predicted molar refractivity (Wildman–Crippen MR) is 128 cm³/mol. The van der Waals surface area contributed by atoms with Crippen molar-refractivity contribution < 1.29 is 4.74 Å². The van der Waals surface area contributed by atoms with E-state index in [4.69, 9.17) is 9.73 Å². The third kappa shape index (κ3) is 6.19. The van der Waals surface area contributed by atoms with E-state index in [2.05, 4.69) is 34.0 Å². The van der Waals surface area contributed by atoms with E-state index in [1.165, 1.54) is 64.7 Å². The van der Waals surface area contributed by atoms with Crippen LogP contribution in [0.2, 0.25) is 0 Å². The van der Waals surface area contributed by atoms with Gasteiger partial charge in [-0.15, -0.1) is 24.0 Å². The van der Waals surface area contributed by atoms with Crippen molar-refractivity contribution >= 4 is 29.9 Å². The van der Waals surface area contributed by atoms with E-state index in [0.29, 0.717) is 5.92 Å². The second-order valence-electron chi connectivity index (χ2n) is 8.80. The van der Waals surface area contributed by atoms with Gasteiger partial charge in [-0.25, -0.2) is 0 Å². The topological polar surface area (TPSA) is 43.3 Å². The van der Waals surface area contributed by atoms with Crippen molar-refractivity contribution in [3.05, 3.63) is 0 Å². The summed E-state index contributed by atoms with van der Waals surface area (Å²) in [5.74, 6) is 1.75. The first-order chi connectivity index (χ1) is 13.2. The molecule has 0 amide bonds. The Morgan fingerprint density at radius 1 is 1.11 bits per heavy atom. The quantitative estimate of drug-likeness (QED) is 0.340. The molecule has 1 N–H and O–H groups in total. The maximum absolute atomic E-state index is 5.38. The number of nitrogens with zero attached hydrogens (tertiary/aromatic N) is 4. The summed E-state index contributed by atoms with van der Waals surface area (Å²) in [4.78, 5) is 12.9. The van der Waals surface area contributed by atoms with Gasteiger partial charge in [0.15, 0.2) is 5.96 Å². The summed E-state index contributed by atoms with van der Waals surface area (Å²) < 4.78 is 5.38. The van der Waals surface area contributed by atoms with Gasteiger partial charge in [-0.05, 0) is 72.3 Å². The number of likely N-dealkylation sites (tertiary alicyclic amines) is 3. The van der Waals surface area contributed by atoms with Crippen molar-refractivity contribution in [2.24, 2.45) is 10.9 Å². The number of rotatable bonds is 6. The fourth-order valence-electron chi connectivity index (χ4n) is 5.02. The SMILES string of the molecule is CCNC(=NCC1(N2CCCCC2)CCN(C)CC1)N1CCC(COC)C1.I. The summed E-state index contributed by atoms with van der Waals surface area (Å²) in [6.07, 6.45) is 7.81. The van der Waals surface area contributed by atoms with E-state index in [0.717, 1.165) is 38.7 Å². The number of aliphatic imine (C=N–C) groups is 1. The highest BCUT2D eigenvalue weighted by atomic mass is 127. The number of hydrogen-bond donors (Lipinski definition) is 1. The van der Waals surface area contributed by atoms with Gasteiger partial charge in [-0.2, -0.15) is 0 Å². The van der Waals surface area contributed by atoms with Crippen LogP contribution in [0, 0.1) is 5.92 Å². The van der Waals surface area contributed by atoms with Crippen LogP contribution < -0.4 is 5.32 Å². The lowest BCUT2D eigenvalue weighted by Gasteiger charge is -2.49. The second-order valence-corrected chi connectivity index (χ2v) is 8.80. The maximum Gasteiger partial charge on any atom is 0.193 e. The summed E-state index contributed by atoms with van der Waals surface area (Å²) in [6.45, 7) is 12.0. The third-order valence-corrected chi connectivity index (χ3v) is 6.79. The molecule has 0 spiro atoms. The minimum Gasteiger partial charge on any atom is -0.384 e. The number of piperidine rings is 2. The van der Waals surface area contributed by atoms with Crippen LogP contribution in [0.5, 0.6) is 0 Å². The van der Waals surface area contributed by atoms with Crippen molar-refractivity contribution in [1.29, 1.82) is 0 Å². The van der Waals surface area contributed by atoms with Gasteiger partial charge in [0.2, 0.25) is 0 Å². The van der Waals surface area contributed by atoms with Crippen LogP contribution in [0.3, 0.4) is 0 Å². The largest absolute Gasteiger partial charge is 0.384 e. The van der Waals surface area contributed by atoms with Crippen LogP contribution in [-0.2, 0) is 4.74 Å². The van der Waals surface area contributed by atoms with Crippen LogP contribution in [0.15, 0.2) is 4.99 Å². The first-order valence-electron chi connectivity index (χ1n) is 11.1. The van der Waals surface area contributed by atoms with Gasteiger partial charge < -0.3 is 19.9 Å². The monoisotopic (exact) mass is 507 g/mol. The first kappa shape index (κ1) is 24.2. The lowest BCUT2D eigenvalue weighted by atomic mass is 9.84. The molecule has 1 unspecified atom stereocenters. The summed E-state index contributed by atoms with van der Waals surface area (Å²) >= 11 is 0. The van der Waals surface area contributed by atoms with Crippen LogP contribution in [-0.4, -0.2) is 99.3 Å². The van der Waals surface area contributed by atoms with Crippen LogP contribution >= 0.6 is 24.0 Å². The normalized spacial score (nSPS) is 26.9. The molecule has 3 aliphatic rings. The Morgan fingerprint density at radius 3 is 2.46 bits per heavy atom. The molecule has 3 heterocycles. The maximum atomic E-state index is 5.38. The number of halogens is 1. The zero-order valence-electron chi connectivity index (χ0n) is 18.3. The molecule has 6 nitrogen and oxygen atoms in total. The van der Waals surface area contributed by atoms with E-state index in [9.17, 15) is 0 Å². The zero-order chi connectivity index (χ0) is 19.1. The minimum atomic E-state index is 0. The highest BCUT2D eigenvalue weighted by Gasteiger charge is 2.39. The molecule has 0 aromatic rings. The van der Waals surface area contributed by atoms with Crippen molar-refractivity contribution in [3.63, 3.8) is 0 Å². The lowest BCUT2D eigenvalue weighted by Crippen LogP contribution is -2.58. The van der Waals surface area contributed by atoms with Gasteiger partial charge >= 0.3 is 0 Å². The zero-order valence-corrected chi connectivity index (χ0v) is 20.6. The van der Waals surface area contributed by atoms with Crippen LogP contribution in [0.4, 0.5) is 0 Å². The predicted octanol–water partition coefficient (Wildman–Crippen LogP) is 2.49. The number of nitrogens with one attached hydrogen (secondary N) is 1. The van der Waals surface area contributed by atoms with Gasteiger partial charge in [0, 0.05) is 38.2 Å². The molecule has 0 bridgehead atoms. The number of ether oxygens (including phenoxy) is 1. The fourth-order valence-corrected chi connectivity index (χ4v) is 5.02. The van der Waals surface area contributed by atoms with E-state index < -0.39 is 0 Å². The molecule has 0 aromatic heterocycles. The van der Waals surface area contributed by atoms with Crippen molar-refractivity contribution in [2.75, 3.05) is 73.1 Å². The van der Waals surface area contributed by atoms with Crippen LogP contribution in [0.25, 0.3) is 0 Å². The van der Waals surface area contributed by atoms with Crippen molar-refractivity contribution in [2.45, 2.75) is 51.0 Å². The molecule has 7 heteroatoms. The molecule has 3 aliphatic heterocycles. The van der Waals surface area contributed by atoms with Gasteiger partial charge in [0.1, 0.15) is 0 Å². The highest BCUT2D eigenvalue weighted by Crippen LogP contribution is 2.32. The molecular formula is C21H42IN5O. The molecule has 3 rings (SSSR count). The molecule has 164 valence electrons. The van der Waals surface area contributed by atoms with Crippen molar-refractivity contribution in [3.8, 4) is 0 Å². The Bertz CT molecular complexity index is 475. The van der Waals surface area contributed by atoms with Gasteiger partial charge in [-0.1, -0.05) is 6.42 Å². The van der Waals surface area contributed by atoms with Crippen molar-refractivity contribution in [1.82, 2.24) is 20.0 Å². The Hall–Kier alpha value is -0.120. The minimum absolute atomic E-state index is 0. The Morgan fingerprint density at radius 2 is 1.82 bits per heavy atom. The third-order valence-electron chi connectivity index (χ3n) is 6.79. The molecule has 3 saturated heterocycles. The Kier molecular flexibility index (Phi) is 10.3. The fraction of sp³-hybridized carbons (Fsp3) is 0.952. The summed E-state index contributed by atoms with van der Waals surface area (Å²) in [6, 6.07) is 0. The van der Waals surface area contributed by atoms with Gasteiger partial charge in [-0.3, -0.25) is 9.89 Å². The molecule has 0 aliphatic carbocycles.